The molecular weight excluding hydrogens is 248 g/mol. The van der Waals surface area contributed by atoms with Crippen molar-refractivity contribution in [3.05, 3.63) is 48.2 Å². The van der Waals surface area contributed by atoms with E-state index in [4.69, 9.17) is 13.9 Å². The van der Waals surface area contributed by atoms with Gasteiger partial charge in [0.25, 0.3) is 5.89 Å². The lowest BCUT2D eigenvalue weighted by Gasteiger charge is -1.99. The number of carboxylic acids is 1. The van der Waals surface area contributed by atoms with Gasteiger partial charge in [0.05, 0.1) is 17.4 Å². The average molecular weight is 256 g/mol. The van der Waals surface area contributed by atoms with Crippen LogP contribution in [0, 0.1) is 0 Å². The van der Waals surface area contributed by atoms with Gasteiger partial charge in [-0.25, -0.2) is 4.79 Å². The minimum absolute atomic E-state index is 0.108. The highest BCUT2D eigenvalue weighted by atomic mass is 16.4. The summed E-state index contributed by atoms with van der Waals surface area (Å²) in [6.07, 6.45) is 1.49. The first-order chi connectivity index (χ1) is 9.25. The zero-order chi connectivity index (χ0) is 13.2. The van der Waals surface area contributed by atoms with E-state index in [2.05, 4.69) is 10.2 Å². The van der Waals surface area contributed by atoms with Crippen molar-refractivity contribution in [3.63, 3.8) is 0 Å². The van der Waals surface area contributed by atoms with Crippen molar-refractivity contribution in [2.24, 2.45) is 0 Å². The number of hydrogen-bond donors (Lipinski definition) is 1. The fraction of sp³-hybridized carbons (Fsp3) is 0. The molecule has 2 aromatic heterocycles. The van der Waals surface area contributed by atoms with Crippen LogP contribution in [-0.4, -0.2) is 21.3 Å². The number of carbonyl (C=O) groups is 1. The Hall–Kier alpha value is -2.89. The lowest BCUT2D eigenvalue weighted by molar-refractivity contribution is 0.0697. The Morgan fingerprint density at radius 3 is 2.58 bits per heavy atom. The lowest BCUT2D eigenvalue weighted by atomic mass is 10.1. The number of benzene rings is 1. The third-order valence-corrected chi connectivity index (χ3v) is 2.54. The topological polar surface area (TPSA) is 89.4 Å². The van der Waals surface area contributed by atoms with Crippen molar-refractivity contribution in [2.75, 3.05) is 0 Å². The smallest absolute Gasteiger partial charge is 0.336 e. The Morgan fingerprint density at radius 2 is 1.84 bits per heavy atom. The summed E-state index contributed by atoms with van der Waals surface area (Å²) < 4.78 is 10.6. The number of rotatable bonds is 3. The van der Waals surface area contributed by atoms with Gasteiger partial charge in [-0.2, -0.15) is 0 Å². The largest absolute Gasteiger partial charge is 0.478 e. The average Bonchev–Trinajstić information content (AvgIpc) is 3.09. The molecule has 3 aromatic rings. The SMILES string of the molecule is O=C(O)c1ccccc1-c1nnc(-c2ccco2)o1. The highest BCUT2D eigenvalue weighted by molar-refractivity contribution is 5.94. The molecule has 0 unspecified atom stereocenters. The molecule has 0 radical (unpaired) electrons. The minimum atomic E-state index is -1.05. The normalized spacial score (nSPS) is 10.5. The Morgan fingerprint density at radius 1 is 1.05 bits per heavy atom. The van der Waals surface area contributed by atoms with Crippen LogP contribution in [0.2, 0.25) is 0 Å². The van der Waals surface area contributed by atoms with Crippen LogP contribution in [0.5, 0.6) is 0 Å². The second kappa shape index (κ2) is 4.41. The molecule has 0 aliphatic rings. The zero-order valence-corrected chi connectivity index (χ0v) is 9.61. The van der Waals surface area contributed by atoms with Crippen LogP contribution in [-0.2, 0) is 0 Å². The Balaban J connectivity index is 2.06. The third-order valence-electron chi connectivity index (χ3n) is 2.54. The van der Waals surface area contributed by atoms with Gasteiger partial charge in [0.15, 0.2) is 5.76 Å². The minimum Gasteiger partial charge on any atom is -0.478 e. The fourth-order valence-corrected chi connectivity index (χ4v) is 1.69. The van der Waals surface area contributed by atoms with Crippen molar-refractivity contribution in [3.8, 4) is 23.1 Å². The summed E-state index contributed by atoms with van der Waals surface area (Å²) >= 11 is 0. The van der Waals surface area contributed by atoms with Crippen LogP contribution in [0.3, 0.4) is 0 Å². The summed E-state index contributed by atoms with van der Waals surface area (Å²) in [6, 6.07) is 9.82. The van der Waals surface area contributed by atoms with Crippen LogP contribution >= 0.6 is 0 Å². The van der Waals surface area contributed by atoms with Crippen LogP contribution in [0.15, 0.2) is 51.5 Å². The fourth-order valence-electron chi connectivity index (χ4n) is 1.69. The molecule has 0 saturated carbocycles. The zero-order valence-electron chi connectivity index (χ0n) is 9.61. The first kappa shape index (κ1) is 11.2. The first-order valence-corrected chi connectivity index (χ1v) is 5.46. The van der Waals surface area contributed by atoms with Gasteiger partial charge in [-0.05, 0) is 24.3 Å². The number of hydrogen-bond acceptors (Lipinski definition) is 5. The molecule has 0 saturated heterocycles. The highest BCUT2D eigenvalue weighted by Gasteiger charge is 2.17. The van der Waals surface area contributed by atoms with Crippen molar-refractivity contribution >= 4 is 5.97 Å². The van der Waals surface area contributed by atoms with Gasteiger partial charge in [0, 0.05) is 0 Å². The number of carboxylic acid groups (broad SMARTS) is 1. The Kier molecular flexibility index (Phi) is 2.60. The van der Waals surface area contributed by atoms with Gasteiger partial charge in [-0.15, -0.1) is 10.2 Å². The van der Waals surface area contributed by atoms with Crippen LogP contribution < -0.4 is 0 Å². The van der Waals surface area contributed by atoms with Crippen molar-refractivity contribution in [1.82, 2.24) is 10.2 Å². The van der Waals surface area contributed by atoms with E-state index >= 15 is 0 Å². The van der Waals surface area contributed by atoms with E-state index in [1.54, 1.807) is 30.3 Å². The maximum atomic E-state index is 11.1. The van der Waals surface area contributed by atoms with E-state index in [9.17, 15) is 4.79 Å². The van der Waals surface area contributed by atoms with Gasteiger partial charge in [0.2, 0.25) is 5.89 Å². The molecule has 0 aliphatic heterocycles. The molecule has 6 nitrogen and oxygen atoms in total. The highest BCUT2D eigenvalue weighted by Crippen LogP contribution is 2.26. The lowest BCUT2D eigenvalue weighted by Crippen LogP contribution is -1.98. The summed E-state index contributed by atoms with van der Waals surface area (Å²) in [6.45, 7) is 0. The van der Waals surface area contributed by atoms with E-state index in [-0.39, 0.29) is 17.3 Å². The van der Waals surface area contributed by atoms with E-state index in [0.717, 1.165) is 0 Å². The number of aromatic nitrogens is 2. The maximum Gasteiger partial charge on any atom is 0.336 e. The molecule has 0 spiro atoms. The molecule has 1 aromatic carbocycles. The summed E-state index contributed by atoms with van der Waals surface area (Å²) in [7, 11) is 0. The molecule has 0 atom stereocenters. The quantitative estimate of drug-likeness (QED) is 0.774. The Bertz CT molecular complexity index is 716. The molecule has 0 aliphatic carbocycles. The van der Waals surface area contributed by atoms with Crippen LogP contribution in [0.1, 0.15) is 10.4 Å². The predicted octanol–water partition coefficient (Wildman–Crippen LogP) is 2.69. The molecular formula is C13H8N2O4. The molecule has 6 heteroatoms. The number of furan rings is 1. The second-order valence-corrected chi connectivity index (χ2v) is 3.74. The van der Waals surface area contributed by atoms with E-state index in [1.165, 1.54) is 12.3 Å². The summed E-state index contributed by atoms with van der Waals surface area (Å²) in [5, 5.41) is 16.8. The molecule has 0 fully saturated rings. The van der Waals surface area contributed by atoms with Crippen LogP contribution in [0.4, 0.5) is 0 Å². The summed E-state index contributed by atoms with van der Waals surface area (Å²) in [5.74, 6) is -0.260. The van der Waals surface area contributed by atoms with Gasteiger partial charge in [-0.1, -0.05) is 12.1 Å². The number of nitrogens with zero attached hydrogens (tertiary/aromatic N) is 2. The van der Waals surface area contributed by atoms with Gasteiger partial charge in [-0.3, -0.25) is 0 Å². The molecule has 0 amide bonds. The maximum absolute atomic E-state index is 11.1. The van der Waals surface area contributed by atoms with E-state index in [0.29, 0.717) is 11.3 Å². The molecule has 1 N–H and O–H groups in total. The predicted molar refractivity (Wildman–Crippen MR) is 64.4 cm³/mol. The second-order valence-electron chi connectivity index (χ2n) is 3.74. The summed E-state index contributed by atoms with van der Waals surface area (Å²) in [4.78, 5) is 11.1. The van der Waals surface area contributed by atoms with E-state index < -0.39 is 5.97 Å². The Labute approximate surface area is 107 Å². The van der Waals surface area contributed by atoms with Crippen molar-refractivity contribution in [1.29, 1.82) is 0 Å². The van der Waals surface area contributed by atoms with Crippen molar-refractivity contribution < 1.29 is 18.7 Å². The van der Waals surface area contributed by atoms with E-state index in [1.807, 2.05) is 0 Å². The summed E-state index contributed by atoms with van der Waals surface area (Å²) in [5.41, 5.74) is 0.484. The molecule has 94 valence electrons. The molecule has 19 heavy (non-hydrogen) atoms. The monoisotopic (exact) mass is 256 g/mol. The van der Waals surface area contributed by atoms with Gasteiger partial charge in [0.1, 0.15) is 0 Å². The number of aromatic carboxylic acids is 1. The van der Waals surface area contributed by atoms with Gasteiger partial charge >= 0.3 is 5.97 Å². The van der Waals surface area contributed by atoms with Gasteiger partial charge < -0.3 is 13.9 Å². The third kappa shape index (κ3) is 1.99. The standard InChI is InChI=1S/C13H8N2O4/c16-13(17)9-5-2-1-4-8(9)11-14-15-12(19-11)10-6-3-7-18-10/h1-7H,(H,16,17). The molecule has 0 bridgehead atoms. The van der Waals surface area contributed by atoms with Crippen LogP contribution in [0.25, 0.3) is 23.1 Å². The first-order valence-electron chi connectivity index (χ1n) is 5.46. The van der Waals surface area contributed by atoms with Crippen molar-refractivity contribution in [2.45, 2.75) is 0 Å². The molecule has 2 heterocycles. The molecule has 3 rings (SSSR count).